The molecule has 0 aromatic heterocycles. The first-order chi connectivity index (χ1) is 3.93. The van der Waals surface area contributed by atoms with Crippen molar-refractivity contribution in [1.29, 1.82) is 0 Å². The molecule has 0 N–H and O–H groups in total. The maximum absolute atomic E-state index is 5.26. The fourth-order valence-electron chi connectivity index (χ4n) is 0.592. The van der Waals surface area contributed by atoms with Crippen molar-refractivity contribution < 1.29 is 9.47 Å². The van der Waals surface area contributed by atoms with Crippen LogP contribution in [0.1, 0.15) is 0 Å². The Labute approximate surface area is 53.7 Å². The van der Waals surface area contributed by atoms with Crippen LogP contribution in [0.3, 0.4) is 0 Å². The summed E-state index contributed by atoms with van der Waals surface area (Å²) in [6.45, 7) is 2.44. The fraction of sp³-hybridized carbons (Fsp3) is 1.00. The van der Waals surface area contributed by atoms with Crippen molar-refractivity contribution in [2.75, 3.05) is 25.9 Å². The lowest BCUT2D eigenvalue weighted by Crippen LogP contribution is -2.31. The van der Waals surface area contributed by atoms with Crippen molar-refractivity contribution >= 4 is 11.6 Å². The normalized spacial score (nSPS) is 20.6. The quantitative estimate of drug-likeness (QED) is 0.536. The first-order valence-corrected chi connectivity index (χ1v) is 3.18. The second-order valence-electron chi connectivity index (χ2n) is 1.88. The van der Waals surface area contributed by atoms with Gasteiger partial charge in [0.25, 0.3) is 0 Å². The van der Waals surface area contributed by atoms with Crippen LogP contribution in [-0.4, -0.2) is 25.9 Å². The molecule has 2 nitrogen and oxygen atoms in total. The summed E-state index contributed by atoms with van der Waals surface area (Å²) in [7, 11) is 0. The van der Waals surface area contributed by atoms with Gasteiger partial charge in [-0.05, 0) is 0 Å². The zero-order valence-electron chi connectivity index (χ0n) is 4.60. The van der Waals surface area contributed by atoms with Crippen LogP contribution in [0.2, 0.25) is 0 Å². The molecule has 3 heteroatoms. The molecule has 0 aromatic rings. The third-order valence-electron chi connectivity index (χ3n) is 1.14. The summed E-state index contributed by atoms with van der Waals surface area (Å²) in [4.78, 5) is 0. The number of rotatable bonds is 3. The van der Waals surface area contributed by atoms with Gasteiger partial charge in [-0.25, -0.2) is 0 Å². The lowest BCUT2D eigenvalue weighted by Gasteiger charge is -2.24. The van der Waals surface area contributed by atoms with E-state index < -0.39 is 0 Å². The Morgan fingerprint density at radius 2 is 2.38 bits per heavy atom. The molecule has 1 fully saturated rings. The van der Waals surface area contributed by atoms with E-state index in [0.717, 1.165) is 19.8 Å². The largest absolute Gasteiger partial charge is 0.381 e. The van der Waals surface area contributed by atoms with Gasteiger partial charge in [0.2, 0.25) is 0 Å². The second kappa shape index (κ2) is 3.28. The molecule has 0 aliphatic carbocycles. The van der Waals surface area contributed by atoms with Crippen molar-refractivity contribution in [1.82, 2.24) is 0 Å². The molecule has 1 heterocycles. The summed E-state index contributed by atoms with van der Waals surface area (Å²) in [6.07, 6.45) is 0. The van der Waals surface area contributed by atoms with Crippen LogP contribution < -0.4 is 0 Å². The molecule has 1 aliphatic heterocycles. The lowest BCUT2D eigenvalue weighted by molar-refractivity contribution is -0.0659. The van der Waals surface area contributed by atoms with E-state index in [1.54, 1.807) is 0 Å². The number of hydrogen-bond acceptors (Lipinski definition) is 2. The highest BCUT2D eigenvalue weighted by atomic mass is 35.5. The molecule has 0 atom stereocenters. The number of ether oxygens (including phenoxy) is 2. The first kappa shape index (κ1) is 6.33. The number of alkyl halides is 1. The van der Waals surface area contributed by atoms with Crippen molar-refractivity contribution in [3.63, 3.8) is 0 Å². The Morgan fingerprint density at radius 3 is 2.75 bits per heavy atom. The molecule has 0 spiro atoms. The van der Waals surface area contributed by atoms with Gasteiger partial charge in [0.1, 0.15) is 6.07 Å². The minimum atomic E-state index is 0.302. The second-order valence-corrected chi connectivity index (χ2v) is 2.10. The molecular formula is C5H9ClO2. The third kappa shape index (κ3) is 1.62. The Morgan fingerprint density at radius 1 is 1.62 bits per heavy atom. The van der Waals surface area contributed by atoms with E-state index in [2.05, 4.69) is 0 Å². The van der Waals surface area contributed by atoms with Crippen molar-refractivity contribution in [2.45, 2.75) is 0 Å². The van der Waals surface area contributed by atoms with E-state index >= 15 is 0 Å². The summed E-state index contributed by atoms with van der Waals surface area (Å²) < 4.78 is 9.83. The van der Waals surface area contributed by atoms with E-state index in [1.165, 1.54) is 0 Å². The summed E-state index contributed by atoms with van der Waals surface area (Å²) in [5.41, 5.74) is 0. The number of hydrogen-bond donors (Lipinski definition) is 0. The number of halogens is 1. The minimum Gasteiger partial charge on any atom is -0.381 e. The van der Waals surface area contributed by atoms with Gasteiger partial charge in [-0.1, -0.05) is 11.6 Å². The maximum Gasteiger partial charge on any atom is 0.120 e. The molecule has 1 rings (SSSR count). The Kier molecular flexibility index (Phi) is 2.59. The summed E-state index contributed by atoms with van der Waals surface area (Å²) in [6, 6.07) is 0.302. The average molecular weight is 137 g/mol. The maximum atomic E-state index is 5.26. The van der Waals surface area contributed by atoms with E-state index in [-0.39, 0.29) is 0 Å². The van der Waals surface area contributed by atoms with E-state index in [4.69, 9.17) is 21.1 Å². The van der Waals surface area contributed by atoms with Crippen LogP contribution in [0.25, 0.3) is 0 Å². The highest BCUT2D eigenvalue weighted by Gasteiger charge is 2.17. The zero-order valence-corrected chi connectivity index (χ0v) is 5.36. The van der Waals surface area contributed by atoms with Crippen molar-refractivity contribution in [2.24, 2.45) is 5.92 Å². The lowest BCUT2D eigenvalue weighted by atomic mass is 10.1. The monoisotopic (exact) mass is 136 g/mol. The van der Waals surface area contributed by atoms with Gasteiger partial charge in [-0.2, -0.15) is 0 Å². The molecule has 1 aliphatic rings. The smallest absolute Gasteiger partial charge is 0.120 e. The molecule has 1 saturated heterocycles. The van der Waals surface area contributed by atoms with Gasteiger partial charge in [-0.15, -0.1) is 0 Å². The standard InChI is InChI=1S/C5H9ClO2/c6-4-8-3-5-1-7-2-5/h5H,1-4H2. The molecule has 0 radical (unpaired) electrons. The molecule has 48 valence electrons. The van der Waals surface area contributed by atoms with E-state index in [1.807, 2.05) is 0 Å². The predicted molar refractivity (Wildman–Crippen MR) is 31.0 cm³/mol. The molecule has 0 amide bonds. The summed E-state index contributed by atoms with van der Waals surface area (Å²) >= 11 is 5.26. The Hall–Kier alpha value is 0.210. The predicted octanol–water partition coefficient (Wildman–Crippen LogP) is 0.846. The first-order valence-electron chi connectivity index (χ1n) is 2.65. The van der Waals surface area contributed by atoms with Crippen molar-refractivity contribution in [3.8, 4) is 0 Å². The zero-order chi connectivity index (χ0) is 5.82. The van der Waals surface area contributed by atoms with Crippen LogP contribution in [-0.2, 0) is 9.47 Å². The van der Waals surface area contributed by atoms with Gasteiger partial charge in [-0.3, -0.25) is 0 Å². The van der Waals surface area contributed by atoms with Gasteiger partial charge >= 0.3 is 0 Å². The Bertz CT molecular complexity index is 63.4. The third-order valence-corrected chi connectivity index (χ3v) is 1.29. The van der Waals surface area contributed by atoms with Gasteiger partial charge in [0.15, 0.2) is 0 Å². The Balaban J connectivity index is 1.86. The highest BCUT2D eigenvalue weighted by molar-refractivity contribution is 6.17. The molecular weight excluding hydrogens is 128 g/mol. The van der Waals surface area contributed by atoms with Gasteiger partial charge < -0.3 is 9.47 Å². The molecule has 8 heavy (non-hydrogen) atoms. The molecule has 0 bridgehead atoms. The van der Waals surface area contributed by atoms with Crippen LogP contribution in [0, 0.1) is 5.92 Å². The molecule has 0 saturated carbocycles. The summed E-state index contributed by atoms with van der Waals surface area (Å²) in [5, 5.41) is 0. The van der Waals surface area contributed by atoms with E-state index in [9.17, 15) is 0 Å². The SMILES string of the molecule is ClCOCC1COC1. The highest BCUT2D eigenvalue weighted by Crippen LogP contribution is 2.09. The van der Waals surface area contributed by atoms with Crippen LogP contribution in [0.5, 0.6) is 0 Å². The van der Waals surface area contributed by atoms with Crippen LogP contribution >= 0.6 is 11.6 Å². The van der Waals surface area contributed by atoms with E-state index in [0.29, 0.717) is 12.0 Å². The molecule has 0 unspecified atom stereocenters. The molecule has 0 aromatic carbocycles. The topological polar surface area (TPSA) is 18.5 Å². The van der Waals surface area contributed by atoms with Crippen LogP contribution in [0.15, 0.2) is 0 Å². The van der Waals surface area contributed by atoms with Gasteiger partial charge in [0.05, 0.1) is 19.8 Å². The minimum absolute atomic E-state index is 0.302. The van der Waals surface area contributed by atoms with Crippen LogP contribution in [0.4, 0.5) is 0 Å². The average Bonchev–Trinajstić information content (AvgIpc) is 1.63. The van der Waals surface area contributed by atoms with Gasteiger partial charge in [0, 0.05) is 5.92 Å². The van der Waals surface area contributed by atoms with Crippen molar-refractivity contribution in [3.05, 3.63) is 0 Å². The fourth-order valence-corrected chi connectivity index (χ4v) is 0.681. The summed E-state index contributed by atoms with van der Waals surface area (Å²) in [5.74, 6) is 0.605.